The molecular weight excluding hydrogens is 234 g/mol. The minimum absolute atomic E-state index is 0.0857. The third-order valence-corrected chi connectivity index (χ3v) is 4.77. The fraction of sp³-hybridized carbons (Fsp3) is 0.923. The number of rotatable bonds is 6. The molecule has 1 aliphatic carbocycles. The van der Waals surface area contributed by atoms with Crippen molar-refractivity contribution in [2.24, 2.45) is 5.41 Å². The molecule has 0 aromatic carbocycles. The molecule has 0 spiro atoms. The number of hydrogen-bond donors (Lipinski definition) is 1. The van der Waals surface area contributed by atoms with Gasteiger partial charge in [0.2, 0.25) is 0 Å². The monoisotopic (exact) mass is 259 g/mol. The molecule has 0 amide bonds. The van der Waals surface area contributed by atoms with Crippen LogP contribution in [0.25, 0.3) is 0 Å². The fourth-order valence-electron chi connectivity index (χ4n) is 2.52. The second-order valence-electron chi connectivity index (χ2n) is 5.22. The molecule has 1 N–H and O–H groups in total. The molecule has 2 unspecified atom stereocenters. The first-order chi connectivity index (χ1) is 8.01. The van der Waals surface area contributed by atoms with Crippen LogP contribution in [0.4, 0.5) is 0 Å². The van der Waals surface area contributed by atoms with E-state index < -0.39 is 0 Å². The van der Waals surface area contributed by atoms with Gasteiger partial charge in [-0.15, -0.1) is 11.8 Å². The van der Waals surface area contributed by atoms with Crippen molar-refractivity contribution in [3.63, 3.8) is 0 Å². The Kier molecular flexibility index (Phi) is 5.80. The van der Waals surface area contributed by atoms with Crippen molar-refractivity contribution >= 4 is 17.7 Å². The zero-order chi connectivity index (χ0) is 12.9. The first kappa shape index (κ1) is 14.8. The van der Waals surface area contributed by atoms with Crippen LogP contribution in [0.15, 0.2) is 0 Å². The van der Waals surface area contributed by atoms with Crippen molar-refractivity contribution in [2.45, 2.75) is 51.8 Å². The number of thioether (sulfide) groups is 1. The molecule has 0 radical (unpaired) electrons. The predicted octanol–water partition coefficient (Wildman–Crippen LogP) is 2.45. The molecule has 4 heteroatoms. The highest BCUT2D eigenvalue weighted by atomic mass is 32.2. The lowest BCUT2D eigenvalue weighted by atomic mass is 9.87. The Morgan fingerprint density at radius 1 is 1.47 bits per heavy atom. The summed E-state index contributed by atoms with van der Waals surface area (Å²) in [6.07, 6.45) is 2.42. The van der Waals surface area contributed by atoms with Crippen molar-refractivity contribution < 1.29 is 9.53 Å². The number of nitrogens with one attached hydrogen (secondary N) is 1. The minimum Gasteiger partial charge on any atom is -0.465 e. The topological polar surface area (TPSA) is 38.3 Å². The standard InChI is InChI=1S/C13H25NO2S/c1-5-14-12-10(7-8-13(12,3)4)17-9-11(15)16-6-2/h10,12,14H,5-9H2,1-4H3. The number of carbonyl (C=O) groups is 1. The summed E-state index contributed by atoms with van der Waals surface area (Å²) in [6.45, 7) is 10.1. The van der Waals surface area contributed by atoms with Gasteiger partial charge in [-0.05, 0) is 31.7 Å². The normalized spacial score (nSPS) is 27.1. The van der Waals surface area contributed by atoms with Crippen LogP contribution in [-0.4, -0.2) is 36.2 Å². The molecule has 1 saturated carbocycles. The quantitative estimate of drug-likeness (QED) is 0.744. The summed E-state index contributed by atoms with van der Waals surface area (Å²) in [5.74, 6) is 0.397. The number of hydrogen-bond acceptors (Lipinski definition) is 4. The third-order valence-electron chi connectivity index (χ3n) is 3.43. The van der Waals surface area contributed by atoms with Crippen molar-refractivity contribution in [1.82, 2.24) is 5.32 Å². The highest BCUT2D eigenvalue weighted by Gasteiger charge is 2.41. The average Bonchev–Trinajstić information content (AvgIpc) is 2.54. The van der Waals surface area contributed by atoms with Gasteiger partial charge in [0.15, 0.2) is 0 Å². The zero-order valence-electron chi connectivity index (χ0n) is 11.4. The molecule has 2 atom stereocenters. The summed E-state index contributed by atoms with van der Waals surface area (Å²) in [4.78, 5) is 11.4. The Labute approximate surface area is 109 Å². The zero-order valence-corrected chi connectivity index (χ0v) is 12.2. The Hall–Kier alpha value is -0.220. The second kappa shape index (κ2) is 6.64. The fourth-order valence-corrected chi connectivity index (χ4v) is 3.90. The molecule has 0 aromatic rings. The molecule has 0 aromatic heterocycles. The average molecular weight is 259 g/mol. The minimum atomic E-state index is -0.0857. The molecule has 0 heterocycles. The van der Waals surface area contributed by atoms with Gasteiger partial charge in [-0.2, -0.15) is 0 Å². The van der Waals surface area contributed by atoms with Crippen LogP contribution in [0.1, 0.15) is 40.5 Å². The van der Waals surface area contributed by atoms with E-state index in [2.05, 4.69) is 26.1 Å². The van der Waals surface area contributed by atoms with Crippen molar-refractivity contribution in [3.05, 3.63) is 0 Å². The SMILES string of the molecule is CCNC1C(SCC(=O)OCC)CCC1(C)C. The molecule has 3 nitrogen and oxygen atoms in total. The van der Waals surface area contributed by atoms with E-state index in [1.807, 2.05) is 6.92 Å². The maximum absolute atomic E-state index is 11.4. The Morgan fingerprint density at radius 3 is 2.76 bits per heavy atom. The summed E-state index contributed by atoms with van der Waals surface area (Å²) in [5.41, 5.74) is 0.336. The first-order valence-electron chi connectivity index (χ1n) is 6.52. The van der Waals surface area contributed by atoms with E-state index in [0.717, 1.165) is 6.54 Å². The summed E-state index contributed by atoms with van der Waals surface area (Å²) in [7, 11) is 0. The van der Waals surface area contributed by atoms with Gasteiger partial charge in [0.1, 0.15) is 0 Å². The van der Waals surface area contributed by atoms with E-state index in [-0.39, 0.29) is 5.97 Å². The van der Waals surface area contributed by atoms with Crippen LogP contribution >= 0.6 is 11.8 Å². The van der Waals surface area contributed by atoms with E-state index in [0.29, 0.717) is 29.1 Å². The van der Waals surface area contributed by atoms with E-state index in [9.17, 15) is 4.79 Å². The van der Waals surface area contributed by atoms with Gasteiger partial charge in [-0.1, -0.05) is 20.8 Å². The first-order valence-corrected chi connectivity index (χ1v) is 7.56. The van der Waals surface area contributed by atoms with Crippen LogP contribution in [0.3, 0.4) is 0 Å². The van der Waals surface area contributed by atoms with Crippen LogP contribution in [0.5, 0.6) is 0 Å². The van der Waals surface area contributed by atoms with Crippen LogP contribution in [-0.2, 0) is 9.53 Å². The van der Waals surface area contributed by atoms with Gasteiger partial charge >= 0.3 is 5.97 Å². The van der Waals surface area contributed by atoms with Crippen molar-refractivity contribution in [3.8, 4) is 0 Å². The van der Waals surface area contributed by atoms with E-state index >= 15 is 0 Å². The second-order valence-corrected chi connectivity index (χ2v) is 6.44. The molecule has 0 saturated heterocycles. The molecule has 1 fully saturated rings. The number of esters is 1. The maximum Gasteiger partial charge on any atom is 0.315 e. The van der Waals surface area contributed by atoms with Crippen molar-refractivity contribution in [2.75, 3.05) is 18.9 Å². The maximum atomic E-state index is 11.4. The Bertz CT molecular complexity index is 256. The Morgan fingerprint density at radius 2 is 2.18 bits per heavy atom. The van der Waals surface area contributed by atoms with E-state index in [1.54, 1.807) is 11.8 Å². The lowest BCUT2D eigenvalue weighted by Gasteiger charge is -2.31. The number of ether oxygens (including phenoxy) is 1. The molecule has 1 aliphatic rings. The highest BCUT2D eigenvalue weighted by molar-refractivity contribution is 8.00. The largest absolute Gasteiger partial charge is 0.465 e. The van der Waals surface area contributed by atoms with Gasteiger partial charge < -0.3 is 10.1 Å². The molecule has 0 aliphatic heterocycles. The van der Waals surface area contributed by atoms with Gasteiger partial charge in [-0.25, -0.2) is 0 Å². The van der Waals surface area contributed by atoms with Crippen LogP contribution in [0, 0.1) is 5.41 Å². The summed E-state index contributed by atoms with van der Waals surface area (Å²) in [6, 6.07) is 0.506. The summed E-state index contributed by atoms with van der Waals surface area (Å²) < 4.78 is 4.97. The molecule has 17 heavy (non-hydrogen) atoms. The summed E-state index contributed by atoms with van der Waals surface area (Å²) in [5, 5.41) is 4.10. The molecule has 0 bridgehead atoms. The van der Waals surface area contributed by atoms with Gasteiger partial charge in [0.05, 0.1) is 12.4 Å². The molecule has 100 valence electrons. The van der Waals surface area contributed by atoms with E-state index in [4.69, 9.17) is 4.74 Å². The predicted molar refractivity (Wildman–Crippen MR) is 73.4 cm³/mol. The van der Waals surface area contributed by atoms with Crippen LogP contribution in [0.2, 0.25) is 0 Å². The smallest absolute Gasteiger partial charge is 0.315 e. The Balaban J connectivity index is 2.44. The number of carbonyl (C=O) groups excluding carboxylic acids is 1. The molecular formula is C13H25NO2S. The van der Waals surface area contributed by atoms with Gasteiger partial charge in [0, 0.05) is 11.3 Å². The lowest BCUT2D eigenvalue weighted by Crippen LogP contribution is -2.43. The van der Waals surface area contributed by atoms with E-state index in [1.165, 1.54) is 12.8 Å². The lowest BCUT2D eigenvalue weighted by molar-refractivity contribution is -0.139. The van der Waals surface area contributed by atoms with Gasteiger partial charge in [0.25, 0.3) is 0 Å². The van der Waals surface area contributed by atoms with Gasteiger partial charge in [-0.3, -0.25) is 4.79 Å². The van der Waals surface area contributed by atoms with Crippen LogP contribution < -0.4 is 5.32 Å². The molecule has 1 rings (SSSR count). The highest BCUT2D eigenvalue weighted by Crippen LogP contribution is 2.42. The van der Waals surface area contributed by atoms with Crippen molar-refractivity contribution in [1.29, 1.82) is 0 Å². The summed E-state index contributed by atoms with van der Waals surface area (Å²) >= 11 is 1.75. The third kappa shape index (κ3) is 4.18.